The van der Waals surface area contributed by atoms with Gasteiger partial charge in [-0.1, -0.05) is 0 Å². The lowest BCUT2D eigenvalue weighted by Crippen LogP contribution is -2.47. The molecule has 1 saturated heterocycles. The van der Waals surface area contributed by atoms with Crippen LogP contribution in [0.4, 0.5) is 0 Å². The van der Waals surface area contributed by atoms with Crippen LogP contribution in [0.1, 0.15) is 38.5 Å². The number of hydrogen-bond donors (Lipinski definition) is 1. The highest BCUT2D eigenvalue weighted by Gasteiger charge is 2.53. The van der Waals surface area contributed by atoms with Gasteiger partial charge in [-0.2, -0.15) is 0 Å². The van der Waals surface area contributed by atoms with Crippen LogP contribution in [0.25, 0.3) is 0 Å². The van der Waals surface area contributed by atoms with E-state index in [1.54, 1.807) is 4.90 Å². The van der Waals surface area contributed by atoms with E-state index in [0.717, 1.165) is 19.0 Å². The Labute approximate surface area is 122 Å². The molecule has 2 saturated carbocycles. The molecule has 3 rings (SSSR count). The van der Waals surface area contributed by atoms with Crippen LogP contribution in [0.2, 0.25) is 0 Å². The number of rotatable bonds is 6. The number of likely N-dealkylation sites (N-methyl/N-ethyl adjacent to an activating group) is 1. The van der Waals surface area contributed by atoms with Gasteiger partial charge in [-0.15, -0.1) is 0 Å². The fraction of sp³-hybridized carbons (Fsp3) is 0.938. The fourth-order valence-corrected chi connectivity index (χ4v) is 3.56. The summed E-state index contributed by atoms with van der Waals surface area (Å²) in [6.45, 7) is 3.96. The molecule has 0 unspecified atom stereocenters. The van der Waals surface area contributed by atoms with Crippen molar-refractivity contribution in [3.05, 3.63) is 0 Å². The van der Waals surface area contributed by atoms with Gasteiger partial charge in [0.05, 0.1) is 6.54 Å². The minimum atomic E-state index is 0.224. The minimum Gasteiger partial charge on any atom is -0.348 e. The molecule has 1 N–H and O–H groups in total. The number of likely N-dealkylation sites (tertiary alicyclic amines) is 1. The van der Waals surface area contributed by atoms with Crippen molar-refractivity contribution in [2.75, 3.05) is 40.3 Å². The summed E-state index contributed by atoms with van der Waals surface area (Å²) in [5, 5.41) is 3.82. The lowest BCUT2D eigenvalue weighted by atomic mass is 9.98. The summed E-state index contributed by atoms with van der Waals surface area (Å²) in [6.07, 6.45) is 8.27. The van der Waals surface area contributed by atoms with Gasteiger partial charge in [0.2, 0.25) is 5.91 Å². The van der Waals surface area contributed by atoms with E-state index >= 15 is 0 Å². The predicted molar refractivity (Wildman–Crippen MR) is 80.5 cm³/mol. The molecule has 0 radical (unpaired) electrons. The number of hydrogen-bond acceptors (Lipinski definition) is 3. The zero-order valence-electron chi connectivity index (χ0n) is 13.0. The van der Waals surface area contributed by atoms with Crippen LogP contribution >= 0.6 is 0 Å². The second-order valence-corrected chi connectivity index (χ2v) is 7.36. The zero-order valence-corrected chi connectivity index (χ0v) is 13.0. The van der Waals surface area contributed by atoms with Crippen LogP contribution in [0, 0.1) is 11.3 Å². The Morgan fingerprint density at radius 1 is 1.20 bits per heavy atom. The standard InChI is InChI=1S/C16H29N3O/c1-18(2)15(20)11-19-9-5-14(6-10-19)17-12-16(7-8-16)13-3-4-13/h13-14,17H,3-12H2,1-2H3. The van der Waals surface area contributed by atoms with E-state index in [2.05, 4.69) is 10.2 Å². The van der Waals surface area contributed by atoms with Crippen LogP contribution in [0.5, 0.6) is 0 Å². The van der Waals surface area contributed by atoms with E-state index in [1.165, 1.54) is 45.1 Å². The van der Waals surface area contributed by atoms with Crippen LogP contribution in [0.3, 0.4) is 0 Å². The minimum absolute atomic E-state index is 0.224. The van der Waals surface area contributed by atoms with E-state index in [0.29, 0.717) is 18.0 Å². The maximum absolute atomic E-state index is 11.7. The lowest BCUT2D eigenvalue weighted by molar-refractivity contribution is -0.130. The average Bonchev–Trinajstić information content (AvgIpc) is 3.29. The molecule has 0 aromatic heterocycles. The molecule has 3 aliphatic rings. The fourth-order valence-electron chi connectivity index (χ4n) is 3.56. The highest BCUT2D eigenvalue weighted by molar-refractivity contribution is 5.77. The Balaban J connectivity index is 1.35. The van der Waals surface area contributed by atoms with Crippen molar-refractivity contribution in [1.29, 1.82) is 0 Å². The quantitative estimate of drug-likeness (QED) is 0.796. The number of carbonyl (C=O) groups excluding carboxylic acids is 1. The maximum atomic E-state index is 11.7. The van der Waals surface area contributed by atoms with Crippen molar-refractivity contribution in [2.24, 2.45) is 11.3 Å². The Kier molecular flexibility index (Phi) is 4.04. The van der Waals surface area contributed by atoms with Gasteiger partial charge in [0, 0.05) is 39.8 Å². The predicted octanol–water partition coefficient (Wildman–Crippen LogP) is 1.32. The number of nitrogens with zero attached hydrogens (tertiary/aromatic N) is 2. The van der Waals surface area contributed by atoms with Crippen molar-refractivity contribution < 1.29 is 4.79 Å². The van der Waals surface area contributed by atoms with Gasteiger partial charge in [-0.3, -0.25) is 9.69 Å². The maximum Gasteiger partial charge on any atom is 0.236 e. The number of carbonyl (C=O) groups is 1. The molecule has 0 spiro atoms. The van der Waals surface area contributed by atoms with Gasteiger partial charge in [0.25, 0.3) is 0 Å². The Hall–Kier alpha value is -0.610. The molecular formula is C16H29N3O. The smallest absolute Gasteiger partial charge is 0.236 e. The van der Waals surface area contributed by atoms with Gasteiger partial charge in [0.15, 0.2) is 0 Å². The van der Waals surface area contributed by atoms with Crippen molar-refractivity contribution >= 4 is 5.91 Å². The normalized spacial score (nSPS) is 26.5. The highest BCUT2D eigenvalue weighted by atomic mass is 16.2. The number of piperidine rings is 1. The Morgan fingerprint density at radius 2 is 1.85 bits per heavy atom. The molecule has 4 heteroatoms. The van der Waals surface area contributed by atoms with E-state index in [1.807, 2.05) is 14.1 Å². The van der Waals surface area contributed by atoms with Crippen molar-refractivity contribution in [1.82, 2.24) is 15.1 Å². The molecule has 0 bridgehead atoms. The SMILES string of the molecule is CN(C)C(=O)CN1CCC(NCC2(C3CC3)CC2)CC1. The third kappa shape index (κ3) is 3.34. The number of nitrogens with one attached hydrogen (secondary N) is 1. The Morgan fingerprint density at radius 3 is 2.35 bits per heavy atom. The second-order valence-electron chi connectivity index (χ2n) is 7.36. The van der Waals surface area contributed by atoms with Crippen LogP contribution < -0.4 is 5.32 Å². The molecule has 20 heavy (non-hydrogen) atoms. The first-order chi connectivity index (χ1) is 9.59. The first kappa shape index (κ1) is 14.3. The molecule has 0 aromatic rings. The Bertz CT molecular complexity index is 353. The molecule has 1 aliphatic heterocycles. The van der Waals surface area contributed by atoms with Gasteiger partial charge >= 0.3 is 0 Å². The van der Waals surface area contributed by atoms with Gasteiger partial charge in [-0.25, -0.2) is 0 Å². The largest absolute Gasteiger partial charge is 0.348 e. The molecule has 0 atom stereocenters. The molecule has 4 nitrogen and oxygen atoms in total. The summed E-state index contributed by atoms with van der Waals surface area (Å²) in [6, 6.07) is 0.678. The summed E-state index contributed by atoms with van der Waals surface area (Å²) in [5.41, 5.74) is 0.706. The molecule has 1 amide bonds. The first-order valence-electron chi connectivity index (χ1n) is 8.25. The average molecular weight is 279 g/mol. The van der Waals surface area contributed by atoms with Gasteiger partial charge in [-0.05, 0) is 49.9 Å². The second kappa shape index (κ2) is 5.64. The van der Waals surface area contributed by atoms with Crippen molar-refractivity contribution in [3.8, 4) is 0 Å². The molecule has 0 aromatic carbocycles. The number of amides is 1. The van der Waals surface area contributed by atoms with Gasteiger partial charge in [0.1, 0.15) is 0 Å². The van der Waals surface area contributed by atoms with Gasteiger partial charge < -0.3 is 10.2 Å². The molecule has 1 heterocycles. The van der Waals surface area contributed by atoms with Crippen LogP contribution in [-0.4, -0.2) is 62.0 Å². The summed E-state index contributed by atoms with van der Waals surface area (Å²) in [5.74, 6) is 1.27. The first-order valence-corrected chi connectivity index (χ1v) is 8.25. The van der Waals surface area contributed by atoms with Crippen molar-refractivity contribution in [2.45, 2.75) is 44.6 Å². The van der Waals surface area contributed by atoms with E-state index in [4.69, 9.17) is 0 Å². The van der Waals surface area contributed by atoms with E-state index in [-0.39, 0.29) is 5.91 Å². The molecule has 3 fully saturated rings. The zero-order chi connectivity index (χ0) is 14.2. The summed E-state index contributed by atoms with van der Waals surface area (Å²) >= 11 is 0. The van der Waals surface area contributed by atoms with Crippen LogP contribution in [-0.2, 0) is 4.79 Å². The van der Waals surface area contributed by atoms with Crippen molar-refractivity contribution in [3.63, 3.8) is 0 Å². The summed E-state index contributed by atoms with van der Waals surface area (Å²) in [4.78, 5) is 15.7. The van der Waals surface area contributed by atoms with Crippen LogP contribution in [0.15, 0.2) is 0 Å². The highest BCUT2D eigenvalue weighted by Crippen LogP contribution is 2.60. The monoisotopic (exact) mass is 279 g/mol. The lowest BCUT2D eigenvalue weighted by Gasteiger charge is -2.33. The molecular weight excluding hydrogens is 250 g/mol. The molecule has 114 valence electrons. The third-order valence-corrected chi connectivity index (χ3v) is 5.52. The summed E-state index contributed by atoms with van der Waals surface area (Å²) < 4.78 is 0. The van der Waals surface area contributed by atoms with E-state index < -0.39 is 0 Å². The third-order valence-electron chi connectivity index (χ3n) is 5.52. The molecule has 2 aliphatic carbocycles. The summed E-state index contributed by atoms with van der Waals surface area (Å²) in [7, 11) is 3.67. The van der Waals surface area contributed by atoms with E-state index in [9.17, 15) is 4.79 Å². The topological polar surface area (TPSA) is 35.6 Å².